The second-order valence-corrected chi connectivity index (χ2v) is 7.24. The van der Waals surface area contributed by atoms with E-state index in [1.807, 2.05) is 0 Å². The van der Waals surface area contributed by atoms with Crippen molar-refractivity contribution in [2.75, 3.05) is 33.2 Å². The molecule has 3 unspecified atom stereocenters. The number of piperidine rings is 1. The molecule has 3 atom stereocenters. The molecule has 2 heterocycles. The number of hydrogen-bond donors (Lipinski definition) is 2. The van der Waals surface area contributed by atoms with Gasteiger partial charge in [-0.05, 0) is 58.8 Å². The Morgan fingerprint density at radius 2 is 1.70 bits per heavy atom. The van der Waals surface area contributed by atoms with Crippen LogP contribution in [-0.4, -0.2) is 67.2 Å². The number of rotatable bonds is 3. The summed E-state index contributed by atoms with van der Waals surface area (Å²) in [5, 5.41) is 3.87. The molecule has 2 saturated heterocycles. The molecule has 3 fully saturated rings. The Balaban J connectivity index is 1.42. The van der Waals surface area contributed by atoms with Crippen molar-refractivity contribution in [3.63, 3.8) is 0 Å². The molecule has 0 aromatic rings. The number of nitrogens with zero attached hydrogens (tertiary/aromatic N) is 2. The minimum Gasteiger partial charge on any atom is -0.326 e. The summed E-state index contributed by atoms with van der Waals surface area (Å²) in [5.74, 6) is 0. The molecule has 4 heteroatoms. The van der Waals surface area contributed by atoms with Gasteiger partial charge in [0.05, 0.1) is 0 Å². The van der Waals surface area contributed by atoms with E-state index in [0.29, 0.717) is 18.1 Å². The van der Waals surface area contributed by atoms with Crippen LogP contribution in [0.4, 0.5) is 0 Å². The van der Waals surface area contributed by atoms with Crippen molar-refractivity contribution in [3.05, 3.63) is 0 Å². The van der Waals surface area contributed by atoms with Crippen LogP contribution < -0.4 is 11.1 Å². The summed E-state index contributed by atoms with van der Waals surface area (Å²) in [7, 11) is 2.25. The van der Waals surface area contributed by atoms with Gasteiger partial charge in [0.15, 0.2) is 0 Å². The molecule has 0 radical (unpaired) electrons. The van der Waals surface area contributed by atoms with Crippen molar-refractivity contribution >= 4 is 0 Å². The van der Waals surface area contributed by atoms with Gasteiger partial charge < -0.3 is 16.0 Å². The van der Waals surface area contributed by atoms with Gasteiger partial charge in [0.1, 0.15) is 0 Å². The smallest absolute Gasteiger partial charge is 0.0235 e. The van der Waals surface area contributed by atoms with Crippen molar-refractivity contribution in [2.45, 2.75) is 69.1 Å². The van der Waals surface area contributed by atoms with Crippen LogP contribution in [-0.2, 0) is 0 Å². The van der Waals surface area contributed by atoms with Crippen LogP contribution in [0.3, 0.4) is 0 Å². The van der Waals surface area contributed by atoms with Gasteiger partial charge in [-0.25, -0.2) is 0 Å². The van der Waals surface area contributed by atoms with E-state index < -0.39 is 0 Å². The molecule has 4 nitrogen and oxygen atoms in total. The summed E-state index contributed by atoms with van der Waals surface area (Å²) >= 11 is 0. The maximum atomic E-state index is 6.26. The van der Waals surface area contributed by atoms with Gasteiger partial charge in [0, 0.05) is 30.7 Å². The highest BCUT2D eigenvalue weighted by atomic mass is 15.2. The van der Waals surface area contributed by atoms with E-state index in [-0.39, 0.29) is 0 Å². The average Bonchev–Trinajstić information content (AvgIpc) is 2.89. The van der Waals surface area contributed by atoms with Crippen molar-refractivity contribution in [1.29, 1.82) is 0 Å². The molecule has 0 spiro atoms. The van der Waals surface area contributed by atoms with E-state index >= 15 is 0 Å². The van der Waals surface area contributed by atoms with Gasteiger partial charge in [-0.1, -0.05) is 12.8 Å². The minimum atomic E-state index is 0.394. The van der Waals surface area contributed by atoms with Crippen LogP contribution in [0.15, 0.2) is 0 Å². The summed E-state index contributed by atoms with van der Waals surface area (Å²) in [6.07, 6.45) is 9.17. The van der Waals surface area contributed by atoms with Crippen LogP contribution in [0.1, 0.15) is 44.9 Å². The van der Waals surface area contributed by atoms with E-state index in [4.69, 9.17) is 5.73 Å². The Morgan fingerprint density at radius 1 is 0.950 bits per heavy atom. The number of nitrogens with one attached hydrogen (secondary N) is 1. The maximum absolute atomic E-state index is 6.26. The molecule has 1 aliphatic carbocycles. The average molecular weight is 280 g/mol. The molecule has 1 saturated carbocycles. The molecule has 3 rings (SSSR count). The highest BCUT2D eigenvalue weighted by Gasteiger charge is 2.31. The molecule has 0 bridgehead atoms. The predicted octanol–water partition coefficient (Wildman–Crippen LogP) is 1.01. The highest BCUT2D eigenvalue weighted by Crippen LogP contribution is 2.22. The lowest BCUT2D eigenvalue weighted by atomic mass is 9.89. The fraction of sp³-hybridized carbons (Fsp3) is 1.00. The van der Waals surface area contributed by atoms with Crippen molar-refractivity contribution < 1.29 is 0 Å². The lowest BCUT2D eigenvalue weighted by molar-refractivity contribution is 0.136. The summed E-state index contributed by atoms with van der Waals surface area (Å²) in [5.41, 5.74) is 6.26. The SMILES string of the molecule is CN1CCC(N2CCC(NC3CCCCC3N)CC2)C1. The Kier molecular flexibility index (Phi) is 4.97. The molecule has 116 valence electrons. The van der Waals surface area contributed by atoms with Crippen LogP contribution in [0.5, 0.6) is 0 Å². The first-order valence-electron chi connectivity index (χ1n) is 8.66. The maximum Gasteiger partial charge on any atom is 0.0235 e. The van der Waals surface area contributed by atoms with E-state index in [1.165, 1.54) is 71.1 Å². The third-order valence-corrected chi connectivity index (χ3v) is 5.68. The van der Waals surface area contributed by atoms with Crippen LogP contribution >= 0.6 is 0 Å². The number of hydrogen-bond acceptors (Lipinski definition) is 4. The third kappa shape index (κ3) is 3.53. The largest absolute Gasteiger partial charge is 0.326 e. The first-order valence-corrected chi connectivity index (χ1v) is 8.66. The molecular weight excluding hydrogens is 248 g/mol. The van der Waals surface area contributed by atoms with Crippen LogP contribution in [0.25, 0.3) is 0 Å². The third-order valence-electron chi connectivity index (χ3n) is 5.68. The van der Waals surface area contributed by atoms with Crippen LogP contribution in [0, 0.1) is 0 Å². The Bertz CT molecular complexity index is 301. The molecular formula is C16H32N4. The lowest BCUT2D eigenvalue weighted by Crippen LogP contribution is -2.54. The fourth-order valence-electron chi connectivity index (χ4n) is 4.31. The zero-order valence-electron chi connectivity index (χ0n) is 13.1. The Hall–Kier alpha value is -0.160. The van der Waals surface area contributed by atoms with Gasteiger partial charge in [0.25, 0.3) is 0 Å². The molecule has 0 aromatic carbocycles. The molecule has 20 heavy (non-hydrogen) atoms. The lowest BCUT2D eigenvalue weighted by Gasteiger charge is -2.39. The topological polar surface area (TPSA) is 44.5 Å². The predicted molar refractivity (Wildman–Crippen MR) is 83.9 cm³/mol. The fourth-order valence-corrected chi connectivity index (χ4v) is 4.31. The van der Waals surface area contributed by atoms with E-state index in [1.54, 1.807) is 0 Å². The first kappa shape index (κ1) is 14.8. The van der Waals surface area contributed by atoms with Gasteiger partial charge in [-0.2, -0.15) is 0 Å². The number of nitrogens with two attached hydrogens (primary N) is 1. The minimum absolute atomic E-state index is 0.394. The van der Waals surface area contributed by atoms with Crippen molar-refractivity contribution in [1.82, 2.24) is 15.1 Å². The monoisotopic (exact) mass is 280 g/mol. The van der Waals surface area contributed by atoms with Gasteiger partial charge in [0.2, 0.25) is 0 Å². The molecule has 2 aliphatic heterocycles. The molecule has 3 aliphatic rings. The number of likely N-dealkylation sites (N-methyl/N-ethyl adjacent to an activating group) is 1. The summed E-state index contributed by atoms with van der Waals surface area (Å²) in [6.45, 7) is 5.10. The Morgan fingerprint density at radius 3 is 2.35 bits per heavy atom. The van der Waals surface area contributed by atoms with E-state index in [2.05, 4.69) is 22.2 Å². The quantitative estimate of drug-likeness (QED) is 0.810. The number of likely N-dealkylation sites (tertiary alicyclic amines) is 2. The normalized spacial score (nSPS) is 38.4. The van der Waals surface area contributed by atoms with Gasteiger partial charge in [-0.15, -0.1) is 0 Å². The molecule has 3 N–H and O–H groups in total. The summed E-state index contributed by atoms with van der Waals surface area (Å²) in [6, 6.07) is 2.50. The van der Waals surface area contributed by atoms with Crippen molar-refractivity contribution in [3.8, 4) is 0 Å². The zero-order chi connectivity index (χ0) is 13.9. The van der Waals surface area contributed by atoms with E-state index in [9.17, 15) is 0 Å². The van der Waals surface area contributed by atoms with E-state index in [0.717, 1.165) is 6.04 Å². The van der Waals surface area contributed by atoms with Gasteiger partial charge >= 0.3 is 0 Å². The van der Waals surface area contributed by atoms with Crippen molar-refractivity contribution in [2.24, 2.45) is 5.73 Å². The second kappa shape index (κ2) is 6.73. The highest BCUT2D eigenvalue weighted by molar-refractivity contribution is 4.90. The first-order chi connectivity index (χ1) is 9.72. The Labute approximate surface area is 124 Å². The molecule has 0 amide bonds. The summed E-state index contributed by atoms with van der Waals surface area (Å²) in [4.78, 5) is 5.19. The summed E-state index contributed by atoms with van der Waals surface area (Å²) < 4.78 is 0. The molecule has 0 aromatic heterocycles. The zero-order valence-corrected chi connectivity index (χ0v) is 13.1. The second-order valence-electron chi connectivity index (χ2n) is 7.24. The standard InChI is InChI=1S/C16H32N4/c1-19-9-8-14(12-19)20-10-6-13(7-11-20)18-16-5-3-2-4-15(16)17/h13-16,18H,2-12,17H2,1H3. The van der Waals surface area contributed by atoms with Gasteiger partial charge in [-0.3, -0.25) is 4.90 Å². The van der Waals surface area contributed by atoms with Crippen LogP contribution in [0.2, 0.25) is 0 Å².